The molecule has 0 bridgehead atoms. The molecule has 0 aliphatic carbocycles. The fraction of sp³-hybridized carbons (Fsp3) is 0.286. The monoisotopic (exact) mass is 320 g/mol. The second kappa shape index (κ2) is 7.21. The van der Waals surface area contributed by atoms with Crippen LogP contribution in [0.25, 0.3) is 0 Å². The van der Waals surface area contributed by atoms with E-state index in [9.17, 15) is 0 Å². The average Bonchev–Trinajstić information content (AvgIpc) is 2.42. The van der Waals surface area contributed by atoms with Crippen molar-refractivity contribution in [3.8, 4) is 0 Å². The van der Waals surface area contributed by atoms with Gasteiger partial charge in [-0.15, -0.1) is 0 Å². The molecule has 3 N–H and O–H groups in total. The number of nitrogens with one attached hydrogen (secondary N) is 1. The van der Waals surface area contributed by atoms with Crippen molar-refractivity contribution in [2.45, 2.75) is 12.8 Å². The first-order valence-electron chi connectivity index (χ1n) is 6.29. The molecule has 19 heavy (non-hydrogen) atoms. The summed E-state index contributed by atoms with van der Waals surface area (Å²) in [4.78, 5) is 8.57. The molecule has 0 fully saturated rings. The molecule has 0 saturated carbocycles. The van der Waals surface area contributed by atoms with Crippen LogP contribution in [0.4, 0.5) is 5.82 Å². The zero-order valence-electron chi connectivity index (χ0n) is 10.6. The van der Waals surface area contributed by atoms with Gasteiger partial charge in [0.15, 0.2) is 0 Å². The number of anilines is 1. The summed E-state index contributed by atoms with van der Waals surface area (Å²) in [5.74, 6) is 1.64. The first kappa shape index (κ1) is 14.0. The molecular weight excluding hydrogens is 304 g/mol. The Morgan fingerprint density at radius 1 is 1.16 bits per heavy atom. The Labute approximate surface area is 121 Å². The standard InChI is InChI=1S/C14H17BrN4/c15-12-4-2-1-3-11(12)6-9-17-14-7-10-18-13(19-14)5-8-16/h1-4,7,10H,5-6,8-9,16H2,(H,17,18,19). The van der Waals surface area contributed by atoms with E-state index in [1.807, 2.05) is 18.2 Å². The van der Waals surface area contributed by atoms with Crippen LogP contribution in [0.15, 0.2) is 41.0 Å². The highest BCUT2D eigenvalue weighted by molar-refractivity contribution is 9.10. The van der Waals surface area contributed by atoms with Crippen molar-refractivity contribution in [3.63, 3.8) is 0 Å². The topological polar surface area (TPSA) is 63.8 Å². The molecule has 2 rings (SSSR count). The lowest BCUT2D eigenvalue weighted by Crippen LogP contribution is -2.10. The predicted octanol–water partition coefficient (Wildman–Crippen LogP) is 2.39. The van der Waals surface area contributed by atoms with Crippen LogP contribution in [0.2, 0.25) is 0 Å². The second-order valence-corrected chi connectivity index (χ2v) is 5.02. The van der Waals surface area contributed by atoms with E-state index in [1.54, 1.807) is 6.20 Å². The number of aromatic nitrogens is 2. The van der Waals surface area contributed by atoms with Crippen molar-refractivity contribution in [1.82, 2.24) is 9.97 Å². The number of hydrogen-bond donors (Lipinski definition) is 2. The minimum Gasteiger partial charge on any atom is -0.370 e. The molecule has 0 spiro atoms. The van der Waals surface area contributed by atoms with Gasteiger partial charge in [0.1, 0.15) is 11.6 Å². The predicted molar refractivity (Wildman–Crippen MR) is 81.1 cm³/mol. The third kappa shape index (κ3) is 4.29. The number of rotatable bonds is 6. The Hall–Kier alpha value is -1.46. The minimum absolute atomic E-state index is 0.570. The largest absolute Gasteiger partial charge is 0.370 e. The Bertz CT molecular complexity index is 530. The molecule has 100 valence electrons. The Morgan fingerprint density at radius 3 is 2.79 bits per heavy atom. The highest BCUT2D eigenvalue weighted by Crippen LogP contribution is 2.16. The van der Waals surface area contributed by atoms with Gasteiger partial charge in [-0.05, 0) is 30.7 Å². The van der Waals surface area contributed by atoms with Crippen molar-refractivity contribution in [1.29, 1.82) is 0 Å². The average molecular weight is 321 g/mol. The fourth-order valence-electron chi connectivity index (χ4n) is 1.77. The molecule has 1 aromatic heterocycles. The van der Waals surface area contributed by atoms with Crippen molar-refractivity contribution in [3.05, 3.63) is 52.4 Å². The molecule has 0 aliphatic rings. The van der Waals surface area contributed by atoms with Gasteiger partial charge in [-0.25, -0.2) is 9.97 Å². The maximum Gasteiger partial charge on any atom is 0.131 e. The van der Waals surface area contributed by atoms with Crippen LogP contribution in [-0.4, -0.2) is 23.1 Å². The molecule has 0 atom stereocenters. The van der Waals surface area contributed by atoms with E-state index < -0.39 is 0 Å². The van der Waals surface area contributed by atoms with E-state index in [0.29, 0.717) is 13.0 Å². The van der Waals surface area contributed by atoms with Crippen LogP contribution in [0.5, 0.6) is 0 Å². The van der Waals surface area contributed by atoms with Gasteiger partial charge >= 0.3 is 0 Å². The smallest absolute Gasteiger partial charge is 0.131 e. The Balaban J connectivity index is 1.89. The molecule has 1 aromatic carbocycles. The maximum absolute atomic E-state index is 5.50. The van der Waals surface area contributed by atoms with Crippen LogP contribution in [0.1, 0.15) is 11.4 Å². The van der Waals surface area contributed by atoms with Crippen LogP contribution in [0, 0.1) is 0 Å². The summed E-state index contributed by atoms with van der Waals surface area (Å²) in [7, 11) is 0. The third-order valence-electron chi connectivity index (χ3n) is 2.73. The first-order valence-corrected chi connectivity index (χ1v) is 7.08. The lowest BCUT2D eigenvalue weighted by Gasteiger charge is -2.08. The number of benzene rings is 1. The number of halogens is 1. The van der Waals surface area contributed by atoms with E-state index in [0.717, 1.165) is 29.1 Å². The van der Waals surface area contributed by atoms with Crippen LogP contribution < -0.4 is 11.1 Å². The summed E-state index contributed by atoms with van der Waals surface area (Å²) in [6, 6.07) is 10.1. The zero-order valence-corrected chi connectivity index (χ0v) is 12.2. The van der Waals surface area contributed by atoms with Gasteiger partial charge in [-0.2, -0.15) is 0 Å². The minimum atomic E-state index is 0.570. The van der Waals surface area contributed by atoms with E-state index in [1.165, 1.54) is 5.56 Å². The van der Waals surface area contributed by atoms with E-state index in [-0.39, 0.29) is 0 Å². The third-order valence-corrected chi connectivity index (χ3v) is 3.51. The summed E-state index contributed by atoms with van der Waals surface area (Å²) in [5.41, 5.74) is 6.78. The Kier molecular flexibility index (Phi) is 5.30. The summed E-state index contributed by atoms with van der Waals surface area (Å²) < 4.78 is 1.14. The van der Waals surface area contributed by atoms with E-state index >= 15 is 0 Å². The Morgan fingerprint density at radius 2 is 2.00 bits per heavy atom. The van der Waals surface area contributed by atoms with Crippen LogP contribution >= 0.6 is 15.9 Å². The molecule has 4 nitrogen and oxygen atoms in total. The number of nitrogens with two attached hydrogens (primary N) is 1. The molecule has 0 amide bonds. The normalized spacial score (nSPS) is 10.4. The maximum atomic E-state index is 5.50. The molecule has 0 aliphatic heterocycles. The quantitative estimate of drug-likeness (QED) is 0.857. The van der Waals surface area contributed by atoms with Crippen molar-refractivity contribution >= 4 is 21.7 Å². The highest BCUT2D eigenvalue weighted by Gasteiger charge is 2.00. The molecule has 2 aromatic rings. The van der Waals surface area contributed by atoms with Gasteiger partial charge in [-0.1, -0.05) is 34.1 Å². The molecule has 0 saturated heterocycles. The SMILES string of the molecule is NCCc1nccc(NCCc2ccccc2Br)n1. The van der Waals surface area contributed by atoms with Crippen LogP contribution in [-0.2, 0) is 12.8 Å². The van der Waals surface area contributed by atoms with Crippen molar-refractivity contribution in [2.75, 3.05) is 18.4 Å². The van der Waals surface area contributed by atoms with Crippen molar-refractivity contribution in [2.24, 2.45) is 5.73 Å². The second-order valence-electron chi connectivity index (χ2n) is 4.16. The highest BCUT2D eigenvalue weighted by atomic mass is 79.9. The number of hydrogen-bond acceptors (Lipinski definition) is 4. The molecule has 5 heteroatoms. The molecule has 0 radical (unpaired) electrons. The van der Waals surface area contributed by atoms with Gasteiger partial charge in [0, 0.05) is 23.6 Å². The number of nitrogens with zero attached hydrogens (tertiary/aromatic N) is 2. The first-order chi connectivity index (χ1) is 9.29. The summed E-state index contributed by atoms with van der Waals surface area (Å²) in [6.07, 6.45) is 3.41. The molecular formula is C14H17BrN4. The van der Waals surface area contributed by atoms with Crippen LogP contribution in [0.3, 0.4) is 0 Å². The van der Waals surface area contributed by atoms with E-state index in [2.05, 4.69) is 43.3 Å². The summed E-state index contributed by atoms with van der Waals surface area (Å²) in [5, 5.41) is 3.31. The summed E-state index contributed by atoms with van der Waals surface area (Å²) in [6.45, 7) is 1.40. The fourth-order valence-corrected chi connectivity index (χ4v) is 2.26. The molecule has 1 heterocycles. The van der Waals surface area contributed by atoms with Gasteiger partial charge in [0.05, 0.1) is 0 Å². The zero-order chi connectivity index (χ0) is 13.5. The summed E-state index contributed by atoms with van der Waals surface area (Å²) >= 11 is 3.55. The van der Waals surface area contributed by atoms with Gasteiger partial charge < -0.3 is 11.1 Å². The van der Waals surface area contributed by atoms with E-state index in [4.69, 9.17) is 5.73 Å². The lowest BCUT2D eigenvalue weighted by molar-refractivity contribution is 0.864. The lowest BCUT2D eigenvalue weighted by atomic mass is 10.1. The van der Waals surface area contributed by atoms with Gasteiger partial charge in [-0.3, -0.25) is 0 Å². The molecule has 0 unspecified atom stereocenters. The van der Waals surface area contributed by atoms with Gasteiger partial charge in [0.2, 0.25) is 0 Å². The van der Waals surface area contributed by atoms with Crippen molar-refractivity contribution < 1.29 is 0 Å². The van der Waals surface area contributed by atoms with Gasteiger partial charge in [0.25, 0.3) is 0 Å².